The average molecular weight is 296 g/mol. The second-order valence-corrected chi connectivity index (χ2v) is 5.60. The van der Waals surface area contributed by atoms with Crippen LogP contribution in [0.4, 0.5) is 4.39 Å². The number of halogens is 2. The SMILES string of the molecule is CSc1ccccc1C(N)c1cc(C)c(F)cc1Cl. The van der Waals surface area contributed by atoms with E-state index in [0.717, 1.165) is 16.0 Å². The summed E-state index contributed by atoms with van der Waals surface area (Å²) in [6, 6.07) is 10.6. The highest BCUT2D eigenvalue weighted by atomic mass is 35.5. The van der Waals surface area contributed by atoms with Crippen LogP contribution >= 0.6 is 23.4 Å². The van der Waals surface area contributed by atoms with Gasteiger partial charge in [-0.1, -0.05) is 29.8 Å². The summed E-state index contributed by atoms with van der Waals surface area (Å²) in [4.78, 5) is 1.10. The van der Waals surface area contributed by atoms with Gasteiger partial charge in [0.25, 0.3) is 0 Å². The maximum atomic E-state index is 13.4. The molecule has 0 heterocycles. The smallest absolute Gasteiger partial charge is 0.127 e. The monoisotopic (exact) mass is 295 g/mol. The summed E-state index contributed by atoms with van der Waals surface area (Å²) in [5.41, 5.74) is 8.60. The Bertz CT molecular complexity index is 601. The van der Waals surface area contributed by atoms with Crippen LogP contribution in [0.1, 0.15) is 22.7 Å². The minimum Gasteiger partial charge on any atom is -0.320 e. The molecule has 0 fully saturated rings. The van der Waals surface area contributed by atoms with Crippen LogP contribution in [0.3, 0.4) is 0 Å². The summed E-state index contributed by atoms with van der Waals surface area (Å²) >= 11 is 7.75. The third-order valence-corrected chi connectivity index (χ3v) is 4.23. The Morgan fingerprint density at radius 2 is 1.89 bits per heavy atom. The lowest BCUT2D eigenvalue weighted by Crippen LogP contribution is -2.14. The van der Waals surface area contributed by atoms with Gasteiger partial charge in [0.1, 0.15) is 5.82 Å². The van der Waals surface area contributed by atoms with Crippen molar-refractivity contribution in [1.82, 2.24) is 0 Å². The molecule has 1 atom stereocenters. The van der Waals surface area contributed by atoms with Gasteiger partial charge < -0.3 is 5.73 Å². The summed E-state index contributed by atoms with van der Waals surface area (Å²) in [6.07, 6.45) is 2.00. The normalized spacial score (nSPS) is 12.5. The van der Waals surface area contributed by atoms with Gasteiger partial charge in [-0.25, -0.2) is 4.39 Å². The summed E-state index contributed by atoms with van der Waals surface area (Å²) in [5, 5.41) is 0.367. The van der Waals surface area contributed by atoms with E-state index < -0.39 is 0 Å². The van der Waals surface area contributed by atoms with Crippen LogP contribution < -0.4 is 5.73 Å². The molecule has 0 aliphatic heterocycles. The van der Waals surface area contributed by atoms with Crippen molar-refractivity contribution < 1.29 is 4.39 Å². The summed E-state index contributed by atoms with van der Waals surface area (Å²) < 4.78 is 13.4. The first-order valence-electron chi connectivity index (χ1n) is 5.88. The maximum Gasteiger partial charge on any atom is 0.127 e. The molecular weight excluding hydrogens is 281 g/mol. The van der Waals surface area contributed by atoms with Crippen LogP contribution in [0.15, 0.2) is 41.3 Å². The molecule has 0 spiro atoms. The highest BCUT2D eigenvalue weighted by Crippen LogP contribution is 2.33. The first-order valence-corrected chi connectivity index (χ1v) is 7.49. The van der Waals surface area contributed by atoms with Crippen molar-refractivity contribution in [1.29, 1.82) is 0 Å². The lowest BCUT2D eigenvalue weighted by molar-refractivity contribution is 0.617. The number of nitrogens with two attached hydrogens (primary N) is 1. The molecule has 2 aromatic carbocycles. The fourth-order valence-electron chi connectivity index (χ4n) is 2.01. The molecular formula is C15H15ClFNS. The molecule has 1 nitrogen and oxygen atoms in total. The molecule has 0 bridgehead atoms. The van der Waals surface area contributed by atoms with Gasteiger partial charge in [0.15, 0.2) is 0 Å². The van der Waals surface area contributed by atoms with Crippen molar-refractivity contribution in [2.45, 2.75) is 17.9 Å². The minimum atomic E-state index is -0.351. The van der Waals surface area contributed by atoms with E-state index in [1.807, 2.05) is 30.5 Å². The van der Waals surface area contributed by atoms with Crippen LogP contribution in [-0.2, 0) is 0 Å². The predicted octanol–water partition coefficient (Wildman–Crippen LogP) is 4.56. The Kier molecular flexibility index (Phi) is 4.50. The van der Waals surface area contributed by atoms with Crippen LogP contribution in [0, 0.1) is 12.7 Å². The third kappa shape index (κ3) is 2.94. The van der Waals surface area contributed by atoms with E-state index in [9.17, 15) is 4.39 Å². The standard InChI is InChI=1S/C15H15ClFNS/c1-9-7-11(12(16)8-13(9)17)15(18)10-5-3-4-6-14(10)19-2/h3-8,15H,18H2,1-2H3. The van der Waals surface area contributed by atoms with Crippen molar-refractivity contribution in [2.24, 2.45) is 5.73 Å². The zero-order valence-corrected chi connectivity index (χ0v) is 12.4. The first-order chi connectivity index (χ1) is 9.04. The second-order valence-electron chi connectivity index (χ2n) is 4.34. The van der Waals surface area contributed by atoms with Crippen molar-refractivity contribution in [3.05, 3.63) is 63.9 Å². The van der Waals surface area contributed by atoms with E-state index in [0.29, 0.717) is 10.6 Å². The lowest BCUT2D eigenvalue weighted by atomic mass is 9.98. The first kappa shape index (κ1) is 14.4. The number of hydrogen-bond acceptors (Lipinski definition) is 2. The van der Waals surface area contributed by atoms with Crippen LogP contribution in [0.5, 0.6) is 0 Å². The van der Waals surface area contributed by atoms with Crippen LogP contribution in [0.2, 0.25) is 5.02 Å². The molecule has 1 unspecified atom stereocenters. The zero-order valence-electron chi connectivity index (χ0n) is 10.8. The third-order valence-electron chi connectivity index (χ3n) is 3.09. The average Bonchev–Trinajstić information content (AvgIpc) is 2.42. The fraction of sp³-hybridized carbons (Fsp3) is 0.200. The zero-order chi connectivity index (χ0) is 14.0. The fourth-order valence-corrected chi connectivity index (χ4v) is 2.92. The Labute approximate surface area is 122 Å². The highest BCUT2D eigenvalue weighted by Gasteiger charge is 2.17. The van der Waals surface area contributed by atoms with Crippen LogP contribution in [-0.4, -0.2) is 6.26 Å². The molecule has 4 heteroatoms. The molecule has 2 rings (SSSR count). The number of thioether (sulfide) groups is 1. The van der Waals surface area contributed by atoms with Gasteiger partial charge in [-0.2, -0.15) is 0 Å². The molecule has 0 aliphatic rings. The molecule has 0 radical (unpaired) electrons. The molecule has 2 aromatic rings. The molecule has 2 N–H and O–H groups in total. The molecule has 19 heavy (non-hydrogen) atoms. The number of rotatable bonds is 3. The van der Waals surface area contributed by atoms with E-state index in [1.54, 1.807) is 24.8 Å². The molecule has 0 saturated carbocycles. The Morgan fingerprint density at radius 1 is 1.21 bits per heavy atom. The molecule has 100 valence electrons. The largest absolute Gasteiger partial charge is 0.320 e. The topological polar surface area (TPSA) is 26.0 Å². The van der Waals surface area contributed by atoms with Crippen molar-refractivity contribution in [3.63, 3.8) is 0 Å². The van der Waals surface area contributed by atoms with Gasteiger partial charge in [-0.05, 0) is 48.1 Å². The van der Waals surface area contributed by atoms with E-state index >= 15 is 0 Å². The van der Waals surface area contributed by atoms with E-state index in [1.165, 1.54) is 6.07 Å². The van der Waals surface area contributed by atoms with Gasteiger partial charge in [0, 0.05) is 9.92 Å². The highest BCUT2D eigenvalue weighted by molar-refractivity contribution is 7.98. The van der Waals surface area contributed by atoms with Gasteiger partial charge >= 0.3 is 0 Å². The molecule has 0 aliphatic carbocycles. The minimum absolute atomic E-state index is 0.306. The van der Waals surface area contributed by atoms with Crippen molar-refractivity contribution >= 4 is 23.4 Å². The van der Waals surface area contributed by atoms with E-state index in [-0.39, 0.29) is 11.9 Å². The summed E-state index contributed by atoms with van der Waals surface area (Å²) in [5.74, 6) is -0.306. The molecule has 0 amide bonds. The molecule has 0 aromatic heterocycles. The summed E-state index contributed by atoms with van der Waals surface area (Å²) in [6.45, 7) is 1.71. The van der Waals surface area contributed by atoms with Crippen LogP contribution in [0.25, 0.3) is 0 Å². The Balaban J connectivity index is 2.50. The van der Waals surface area contributed by atoms with Crippen molar-refractivity contribution in [3.8, 4) is 0 Å². The van der Waals surface area contributed by atoms with Crippen molar-refractivity contribution in [2.75, 3.05) is 6.26 Å². The van der Waals surface area contributed by atoms with E-state index in [2.05, 4.69) is 0 Å². The maximum absolute atomic E-state index is 13.4. The van der Waals surface area contributed by atoms with Gasteiger partial charge in [0.2, 0.25) is 0 Å². The molecule has 0 saturated heterocycles. The number of hydrogen-bond donors (Lipinski definition) is 1. The lowest BCUT2D eigenvalue weighted by Gasteiger charge is -2.18. The quantitative estimate of drug-likeness (QED) is 0.840. The Hall–Kier alpha value is -1.03. The second kappa shape index (κ2) is 5.95. The van der Waals surface area contributed by atoms with Gasteiger partial charge in [-0.15, -0.1) is 11.8 Å². The number of benzene rings is 2. The van der Waals surface area contributed by atoms with Gasteiger partial charge in [0.05, 0.1) is 6.04 Å². The van der Waals surface area contributed by atoms with E-state index in [4.69, 9.17) is 17.3 Å². The predicted molar refractivity (Wildman–Crippen MR) is 80.4 cm³/mol. The Morgan fingerprint density at radius 3 is 2.58 bits per heavy atom. The number of aryl methyl sites for hydroxylation is 1. The van der Waals surface area contributed by atoms with Gasteiger partial charge in [-0.3, -0.25) is 0 Å². The summed E-state index contributed by atoms with van der Waals surface area (Å²) in [7, 11) is 0.